The summed E-state index contributed by atoms with van der Waals surface area (Å²) in [5.41, 5.74) is 0.362. The van der Waals surface area contributed by atoms with E-state index in [0.717, 1.165) is 57.0 Å². The van der Waals surface area contributed by atoms with Gasteiger partial charge in [0.15, 0.2) is 0 Å². The van der Waals surface area contributed by atoms with Crippen LogP contribution in [0.15, 0.2) is 48.8 Å². The van der Waals surface area contributed by atoms with Crippen LogP contribution in [0.25, 0.3) is 0 Å². The molecular formula is C27H35F3N4O3. The van der Waals surface area contributed by atoms with E-state index in [-0.39, 0.29) is 30.1 Å². The Bertz CT molecular complexity index is 986. The van der Waals surface area contributed by atoms with E-state index < -0.39 is 11.7 Å². The van der Waals surface area contributed by atoms with Crippen molar-refractivity contribution in [1.82, 2.24) is 20.1 Å². The molecule has 0 saturated carbocycles. The summed E-state index contributed by atoms with van der Waals surface area (Å²) in [5.74, 6) is -0.000940. The number of halogens is 3. The largest absolute Gasteiger partial charge is 0.493 e. The maximum absolute atomic E-state index is 13.1. The topological polar surface area (TPSA) is 66.9 Å². The standard InChI is InChI=1S/C27H35F3N4O3/c28-27(29,30)24-3-1-4-25(16-24)37-20-22-15-23(19-34(18-22)17-21-5-8-31-9-6-21)26(35)32-7-2-10-33-11-13-36-14-12-33/h1,3-6,8-9,16,22-23H,2,7,10-15,17-20H2,(H,32,35)/t22-,23+/m0/s1. The van der Waals surface area contributed by atoms with Crippen LogP contribution in [0.4, 0.5) is 13.2 Å². The molecule has 1 N–H and O–H groups in total. The second-order valence-electron chi connectivity index (χ2n) is 9.78. The van der Waals surface area contributed by atoms with Crippen molar-refractivity contribution in [2.24, 2.45) is 11.8 Å². The second-order valence-corrected chi connectivity index (χ2v) is 9.78. The van der Waals surface area contributed by atoms with Crippen molar-refractivity contribution in [3.63, 3.8) is 0 Å². The van der Waals surface area contributed by atoms with E-state index in [2.05, 4.69) is 20.1 Å². The van der Waals surface area contributed by atoms with Crippen molar-refractivity contribution in [1.29, 1.82) is 0 Å². The quantitative estimate of drug-likeness (QED) is 0.484. The molecule has 0 bridgehead atoms. The third-order valence-electron chi connectivity index (χ3n) is 6.84. The summed E-state index contributed by atoms with van der Waals surface area (Å²) in [6, 6.07) is 8.83. The molecule has 7 nitrogen and oxygen atoms in total. The molecule has 2 aliphatic rings. The van der Waals surface area contributed by atoms with Gasteiger partial charge in [-0.15, -0.1) is 0 Å². The van der Waals surface area contributed by atoms with Gasteiger partial charge in [0, 0.05) is 57.6 Å². The minimum absolute atomic E-state index is 0.00855. The molecule has 2 aliphatic heterocycles. The van der Waals surface area contributed by atoms with E-state index in [1.165, 1.54) is 12.1 Å². The molecule has 2 fully saturated rings. The second kappa shape index (κ2) is 13.2. The van der Waals surface area contributed by atoms with Gasteiger partial charge in [-0.05, 0) is 55.3 Å². The van der Waals surface area contributed by atoms with Crippen LogP contribution in [-0.2, 0) is 22.3 Å². The van der Waals surface area contributed by atoms with Crippen LogP contribution < -0.4 is 10.1 Å². The third kappa shape index (κ3) is 8.69. The fraction of sp³-hybridized carbons (Fsp3) is 0.556. The summed E-state index contributed by atoms with van der Waals surface area (Å²) < 4.78 is 50.4. The van der Waals surface area contributed by atoms with E-state index >= 15 is 0 Å². The predicted octanol–water partition coefficient (Wildman–Crippen LogP) is 3.46. The van der Waals surface area contributed by atoms with Gasteiger partial charge in [0.25, 0.3) is 0 Å². The highest BCUT2D eigenvalue weighted by Gasteiger charge is 2.33. The van der Waals surface area contributed by atoms with Gasteiger partial charge in [0.2, 0.25) is 5.91 Å². The van der Waals surface area contributed by atoms with E-state index in [0.29, 0.717) is 32.6 Å². The molecule has 202 valence electrons. The van der Waals surface area contributed by atoms with Gasteiger partial charge in [-0.25, -0.2) is 0 Å². The van der Waals surface area contributed by atoms with Crippen molar-refractivity contribution in [3.8, 4) is 5.75 Å². The predicted molar refractivity (Wildman–Crippen MR) is 133 cm³/mol. The van der Waals surface area contributed by atoms with Crippen LogP contribution in [0.2, 0.25) is 0 Å². The van der Waals surface area contributed by atoms with Gasteiger partial charge < -0.3 is 14.8 Å². The van der Waals surface area contributed by atoms with Crippen LogP contribution in [0.1, 0.15) is 24.0 Å². The molecule has 1 aromatic heterocycles. The van der Waals surface area contributed by atoms with Gasteiger partial charge in [0.05, 0.1) is 31.3 Å². The van der Waals surface area contributed by atoms with Crippen molar-refractivity contribution in [2.45, 2.75) is 25.6 Å². The number of aromatic nitrogens is 1. The Balaban J connectivity index is 1.33. The molecule has 2 aromatic rings. The number of carbonyl (C=O) groups is 1. The van der Waals surface area contributed by atoms with E-state index in [1.54, 1.807) is 12.4 Å². The molecule has 2 atom stereocenters. The molecule has 1 amide bonds. The van der Waals surface area contributed by atoms with Gasteiger partial charge >= 0.3 is 6.18 Å². The number of alkyl halides is 3. The number of benzene rings is 1. The molecule has 10 heteroatoms. The van der Waals surface area contributed by atoms with Crippen molar-refractivity contribution in [2.75, 3.05) is 59.1 Å². The lowest BCUT2D eigenvalue weighted by atomic mass is 9.88. The molecular weight excluding hydrogens is 485 g/mol. The lowest BCUT2D eigenvalue weighted by Gasteiger charge is -2.37. The zero-order valence-electron chi connectivity index (χ0n) is 21.0. The lowest BCUT2D eigenvalue weighted by Crippen LogP contribution is -2.47. The number of pyridine rings is 1. The lowest BCUT2D eigenvalue weighted by molar-refractivity contribution is -0.137. The van der Waals surface area contributed by atoms with Gasteiger partial charge in [-0.2, -0.15) is 13.2 Å². The Labute approximate surface area is 215 Å². The van der Waals surface area contributed by atoms with Gasteiger partial charge in [-0.1, -0.05) is 6.07 Å². The fourth-order valence-electron chi connectivity index (χ4n) is 4.95. The van der Waals surface area contributed by atoms with Gasteiger partial charge in [0.1, 0.15) is 5.75 Å². The van der Waals surface area contributed by atoms with Crippen molar-refractivity contribution < 1.29 is 27.4 Å². The molecule has 0 radical (unpaired) electrons. The maximum Gasteiger partial charge on any atom is 0.416 e. The highest BCUT2D eigenvalue weighted by molar-refractivity contribution is 5.79. The Hall–Kier alpha value is -2.69. The summed E-state index contributed by atoms with van der Waals surface area (Å²) in [7, 11) is 0. The van der Waals surface area contributed by atoms with Crippen LogP contribution in [0.3, 0.4) is 0 Å². The van der Waals surface area contributed by atoms with Crippen molar-refractivity contribution >= 4 is 5.91 Å². The Morgan fingerprint density at radius 1 is 1.11 bits per heavy atom. The fourth-order valence-corrected chi connectivity index (χ4v) is 4.95. The number of amides is 1. The number of piperidine rings is 1. The van der Waals surface area contributed by atoms with Gasteiger partial charge in [-0.3, -0.25) is 19.6 Å². The molecule has 0 aliphatic carbocycles. The van der Waals surface area contributed by atoms with E-state index in [9.17, 15) is 18.0 Å². The molecule has 2 saturated heterocycles. The van der Waals surface area contributed by atoms with Crippen LogP contribution in [-0.4, -0.2) is 79.8 Å². The first-order chi connectivity index (χ1) is 17.9. The number of ether oxygens (including phenoxy) is 2. The van der Waals surface area contributed by atoms with Crippen LogP contribution in [0, 0.1) is 11.8 Å². The number of hydrogen-bond donors (Lipinski definition) is 1. The Morgan fingerprint density at radius 2 is 1.89 bits per heavy atom. The number of rotatable bonds is 10. The van der Waals surface area contributed by atoms with E-state index in [1.807, 2.05) is 12.1 Å². The third-order valence-corrected chi connectivity index (χ3v) is 6.84. The maximum atomic E-state index is 13.1. The molecule has 1 aromatic carbocycles. The normalized spacial score (nSPS) is 21.5. The average Bonchev–Trinajstić information content (AvgIpc) is 2.90. The number of nitrogens with one attached hydrogen (secondary N) is 1. The first-order valence-corrected chi connectivity index (χ1v) is 12.9. The highest BCUT2D eigenvalue weighted by Crippen LogP contribution is 2.32. The van der Waals surface area contributed by atoms with Crippen LogP contribution in [0.5, 0.6) is 5.75 Å². The first-order valence-electron chi connectivity index (χ1n) is 12.9. The summed E-state index contributed by atoms with van der Waals surface area (Å²) in [5, 5.41) is 3.10. The number of likely N-dealkylation sites (tertiary alicyclic amines) is 1. The molecule has 0 spiro atoms. The molecule has 4 rings (SSSR count). The van der Waals surface area contributed by atoms with Crippen molar-refractivity contribution in [3.05, 3.63) is 59.9 Å². The first kappa shape index (κ1) is 27.3. The summed E-state index contributed by atoms with van der Waals surface area (Å²) in [4.78, 5) is 21.7. The Morgan fingerprint density at radius 3 is 2.65 bits per heavy atom. The number of hydrogen-bond acceptors (Lipinski definition) is 6. The van der Waals surface area contributed by atoms with Crippen LogP contribution >= 0.6 is 0 Å². The summed E-state index contributed by atoms with van der Waals surface area (Å²) in [6.07, 6.45) is 0.567. The minimum atomic E-state index is -4.42. The molecule has 0 unspecified atom stereocenters. The minimum Gasteiger partial charge on any atom is -0.493 e. The SMILES string of the molecule is O=C(NCCCN1CCOCC1)[C@@H]1C[C@H](COc2cccc(C(F)(F)F)c2)CN(Cc2ccncc2)C1. The number of nitrogens with zero attached hydrogens (tertiary/aromatic N) is 3. The Kier molecular flexibility index (Phi) is 9.76. The number of morpholine rings is 1. The molecule has 37 heavy (non-hydrogen) atoms. The summed E-state index contributed by atoms with van der Waals surface area (Å²) in [6.45, 7) is 7.14. The summed E-state index contributed by atoms with van der Waals surface area (Å²) >= 11 is 0. The average molecular weight is 521 g/mol. The monoisotopic (exact) mass is 520 g/mol. The zero-order valence-corrected chi connectivity index (χ0v) is 21.0. The number of carbonyl (C=O) groups excluding carboxylic acids is 1. The van der Waals surface area contributed by atoms with E-state index in [4.69, 9.17) is 9.47 Å². The molecule has 3 heterocycles. The zero-order chi connectivity index (χ0) is 26.1. The highest BCUT2D eigenvalue weighted by atomic mass is 19.4. The smallest absolute Gasteiger partial charge is 0.416 e.